The molecule has 18 heavy (non-hydrogen) atoms. The summed E-state index contributed by atoms with van der Waals surface area (Å²) in [6, 6.07) is 16.8. The van der Waals surface area contributed by atoms with Gasteiger partial charge in [0.2, 0.25) is 0 Å². The fourth-order valence-electron chi connectivity index (χ4n) is 1.42. The summed E-state index contributed by atoms with van der Waals surface area (Å²) in [5.74, 6) is 5.92. The first-order valence-corrected chi connectivity index (χ1v) is 6.12. The Morgan fingerprint density at radius 2 is 1.67 bits per heavy atom. The Morgan fingerprint density at radius 3 is 2.28 bits per heavy atom. The Hall–Kier alpha value is -1.62. The molecule has 0 spiro atoms. The maximum atomic E-state index is 5.92. The van der Waals surface area contributed by atoms with Gasteiger partial charge in [-0.25, -0.2) is 5.84 Å². The number of nitrogens with zero attached hydrogens (tertiary/aromatic N) is 1. The molecule has 0 bridgehead atoms. The van der Waals surface area contributed by atoms with Crippen LogP contribution in [0.25, 0.3) is 0 Å². The van der Waals surface area contributed by atoms with Crippen molar-refractivity contribution < 1.29 is 0 Å². The monoisotopic (exact) mass is 277 g/mol. The zero-order valence-electron chi connectivity index (χ0n) is 9.51. The van der Waals surface area contributed by atoms with Crippen LogP contribution in [0.1, 0.15) is 0 Å². The minimum atomic E-state index is 0.420. The fraction of sp³-hybridized carbons (Fsp3) is 0. The SMILES string of the molecule is NN(C(=S)Nc1ccc(Cl)cc1)c1ccccc1. The molecule has 0 aliphatic rings. The number of thiocarbonyl (C=S) groups is 1. The second kappa shape index (κ2) is 5.82. The third-order valence-electron chi connectivity index (χ3n) is 2.35. The van der Waals surface area contributed by atoms with Crippen LogP contribution in [0.5, 0.6) is 0 Å². The number of hydrazine groups is 1. The van der Waals surface area contributed by atoms with Crippen molar-refractivity contribution in [2.24, 2.45) is 5.84 Å². The number of rotatable bonds is 2. The van der Waals surface area contributed by atoms with Crippen LogP contribution in [-0.2, 0) is 0 Å². The van der Waals surface area contributed by atoms with E-state index >= 15 is 0 Å². The largest absolute Gasteiger partial charge is 0.331 e. The number of hydrogen-bond acceptors (Lipinski definition) is 2. The predicted molar refractivity (Wildman–Crippen MR) is 80.8 cm³/mol. The molecule has 2 aromatic rings. The smallest absolute Gasteiger partial charge is 0.192 e. The molecular formula is C13H12ClN3S. The number of halogens is 1. The van der Waals surface area contributed by atoms with Crippen molar-refractivity contribution in [3.8, 4) is 0 Å². The summed E-state index contributed by atoms with van der Waals surface area (Å²) in [5.41, 5.74) is 1.67. The molecule has 3 N–H and O–H groups in total. The number of para-hydroxylation sites is 1. The van der Waals surface area contributed by atoms with Gasteiger partial charge >= 0.3 is 0 Å². The van der Waals surface area contributed by atoms with E-state index in [9.17, 15) is 0 Å². The lowest BCUT2D eigenvalue weighted by molar-refractivity contribution is 1.14. The normalized spacial score (nSPS) is 9.89. The van der Waals surface area contributed by atoms with Crippen molar-refractivity contribution in [3.63, 3.8) is 0 Å². The van der Waals surface area contributed by atoms with Gasteiger partial charge in [-0.05, 0) is 48.6 Å². The van der Waals surface area contributed by atoms with Crippen LogP contribution in [-0.4, -0.2) is 5.11 Å². The lowest BCUT2D eigenvalue weighted by atomic mass is 10.3. The van der Waals surface area contributed by atoms with Crippen molar-refractivity contribution in [3.05, 3.63) is 59.6 Å². The van der Waals surface area contributed by atoms with Crippen molar-refractivity contribution in [1.82, 2.24) is 0 Å². The summed E-state index contributed by atoms with van der Waals surface area (Å²) in [4.78, 5) is 0. The summed E-state index contributed by atoms with van der Waals surface area (Å²) in [5, 5.41) is 5.56. The third-order valence-corrected chi connectivity index (χ3v) is 2.90. The topological polar surface area (TPSA) is 41.3 Å². The Morgan fingerprint density at radius 1 is 1.06 bits per heavy atom. The predicted octanol–water partition coefficient (Wildman–Crippen LogP) is 3.42. The molecule has 0 fully saturated rings. The summed E-state index contributed by atoms with van der Waals surface area (Å²) in [6.45, 7) is 0. The second-order valence-corrected chi connectivity index (χ2v) is 4.47. The van der Waals surface area contributed by atoms with E-state index in [1.807, 2.05) is 42.5 Å². The van der Waals surface area contributed by atoms with E-state index in [1.54, 1.807) is 12.1 Å². The van der Waals surface area contributed by atoms with E-state index in [0.29, 0.717) is 10.1 Å². The first-order chi connectivity index (χ1) is 8.66. The first-order valence-electron chi connectivity index (χ1n) is 5.33. The average molecular weight is 278 g/mol. The summed E-state index contributed by atoms with van der Waals surface area (Å²) < 4.78 is 0. The zero-order chi connectivity index (χ0) is 13.0. The van der Waals surface area contributed by atoms with Gasteiger partial charge in [-0.15, -0.1) is 0 Å². The molecule has 0 radical (unpaired) electrons. The molecule has 0 saturated heterocycles. The highest BCUT2D eigenvalue weighted by Gasteiger charge is 2.07. The maximum Gasteiger partial charge on any atom is 0.192 e. The van der Waals surface area contributed by atoms with Crippen LogP contribution in [0, 0.1) is 0 Å². The van der Waals surface area contributed by atoms with Crippen molar-refractivity contribution in [1.29, 1.82) is 0 Å². The minimum absolute atomic E-state index is 0.420. The maximum absolute atomic E-state index is 5.92. The molecule has 0 unspecified atom stereocenters. The van der Waals surface area contributed by atoms with E-state index in [1.165, 1.54) is 5.01 Å². The third kappa shape index (κ3) is 3.20. The van der Waals surface area contributed by atoms with Crippen LogP contribution >= 0.6 is 23.8 Å². The van der Waals surface area contributed by atoms with Gasteiger partial charge in [0.1, 0.15) is 0 Å². The van der Waals surface area contributed by atoms with Gasteiger partial charge in [0.15, 0.2) is 5.11 Å². The molecule has 0 saturated carbocycles. The van der Waals surface area contributed by atoms with Gasteiger partial charge in [-0.1, -0.05) is 29.8 Å². The number of hydrogen-bond donors (Lipinski definition) is 2. The summed E-state index contributed by atoms with van der Waals surface area (Å²) in [7, 11) is 0. The minimum Gasteiger partial charge on any atom is -0.331 e. The van der Waals surface area contributed by atoms with E-state index in [2.05, 4.69) is 5.32 Å². The lowest BCUT2D eigenvalue weighted by Crippen LogP contribution is -2.40. The van der Waals surface area contributed by atoms with Gasteiger partial charge < -0.3 is 5.32 Å². The molecular weight excluding hydrogens is 266 g/mol. The lowest BCUT2D eigenvalue weighted by Gasteiger charge is -2.20. The quantitative estimate of drug-likeness (QED) is 0.501. The van der Waals surface area contributed by atoms with Gasteiger partial charge in [-0.2, -0.15) is 0 Å². The standard InChI is InChI=1S/C13H12ClN3S/c14-10-6-8-11(9-7-10)16-13(18)17(15)12-4-2-1-3-5-12/h1-9H,15H2,(H,16,18). The van der Waals surface area contributed by atoms with E-state index in [0.717, 1.165) is 11.4 Å². The average Bonchev–Trinajstić information content (AvgIpc) is 2.41. The fourth-order valence-corrected chi connectivity index (χ4v) is 1.77. The van der Waals surface area contributed by atoms with Crippen molar-refractivity contribution in [2.75, 3.05) is 10.3 Å². The second-order valence-electron chi connectivity index (χ2n) is 3.64. The molecule has 0 atom stereocenters. The molecule has 0 aromatic heterocycles. The molecule has 0 heterocycles. The molecule has 2 aromatic carbocycles. The van der Waals surface area contributed by atoms with E-state index < -0.39 is 0 Å². The molecule has 2 rings (SSSR count). The van der Waals surface area contributed by atoms with Gasteiger partial charge in [0, 0.05) is 10.7 Å². The Kier molecular flexibility index (Phi) is 4.15. The van der Waals surface area contributed by atoms with Gasteiger partial charge in [0.05, 0.1) is 5.69 Å². The van der Waals surface area contributed by atoms with Crippen LogP contribution in [0.2, 0.25) is 5.02 Å². The highest BCUT2D eigenvalue weighted by atomic mass is 35.5. The van der Waals surface area contributed by atoms with Crippen molar-refractivity contribution in [2.45, 2.75) is 0 Å². The molecule has 0 aliphatic carbocycles. The summed E-state index contributed by atoms with van der Waals surface area (Å²) >= 11 is 11.0. The summed E-state index contributed by atoms with van der Waals surface area (Å²) in [6.07, 6.45) is 0. The number of benzene rings is 2. The van der Waals surface area contributed by atoms with E-state index in [4.69, 9.17) is 29.7 Å². The number of nitrogens with one attached hydrogen (secondary N) is 1. The van der Waals surface area contributed by atoms with Crippen molar-refractivity contribution >= 4 is 40.3 Å². The Labute approximate surface area is 116 Å². The first kappa shape index (κ1) is 12.8. The van der Waals surface area contributed by atoms with Crippen LogP contribution in [0.3, 0.4) is 0 Å². The van der Waals surface area contributed by atoms with Gasteiger partial charge in [-0.3, -0.25) is 5.01 Å². The Balaban J connectivity index is 2.06. The molecule has 0 amide bonds. The highest BCUT2D eigenvalue weighted by Crippen LogP contribution is 2.15. The van der Waals surface area contributed by atoms with Crippen LogP contribution < -0.4 is 16.2 Å². The molecule has 5 heteroatoms. The molecule has 3 nitrogen and oxygen atoms in total. The zero-order valence-corrected chi connectivity index (χ0v) is 11.1. The van der Waals surface area contributed by atoms with Gasteiger partial charge in [0.25, 0.3) is 0 Å². The Bertz CT molecular complexity index is 528. The number of nitrogens with two attached hydrogens (primary N) is 1. The molecule has 0 aliphatic heterocycles. The van der Waals surface area contributed by atoms with Crippen LogP contribution in [0.4, 0.5) is 11.4 Å². The van der Waals surface area contributed by atoms with Crippen LogP contribution in [0.15, 0.2) is 54.6 Å². The molecule has 92 valence electrons. The number of anilines is 2. The highest BCUT2D eigenvalue weighted by molar-refractivity contribution is 7.80. The van der Waals surface area contributed by atoms with E-state index in [-0.39, 0.29) is 0 Å².